The van der Waals surface area contributed by atoms with Crippen LogP contribution in [0.5, 0.6) is 0 Å². The first-order valence-corrected chi connectivity index (χ1v) is 5.39. The topological polar surface area (TPSA) is 59.4 Å². The van der Waals surface area contributed by atoms with E-state index in [0.29, 0.717) is 0 Å². The minimum Gasteiger partial charge on any atom is -0.371 e. The lowest BCUT2D eigenvalue weighted by atomic mass is 10.1. The molecule has 1 aromatic heterocycles. The van der Waals surface area contributed by atoms with Gasteiger partial charge in [0.2, 0.25) is 6.23 Å². The highest BCUT2D eigenvalue weighted by Crippen LogP contribution is 2.22. The van der Waals surface area contributed by atoms with Crippen molar-refractivity contribution < 1.29 is 4.84 Å². The van der Waals surface area contributed by atoms with Crippen molar-refractivity contribution in [2.24, 2.45) is 5.16 Å². The fraction of sp³-hybridized carbons (Fsp3) is 0.364. The molecule has 5 heteroatoms. The van der Waals surface area contributed by atoms with Crippen LogP contribution in [-0.2, 0) is 4.84 Å². The van der Waals surface area contributed by atoms with Crippen molar-refractivity contribution in [1.82, 2.24) is 15.3 Å². The summed E-state index contributed by atoms with van der Waals surface area (Å²) in [5, 5.41) is 7.37. The lowest BCUT2D eigenvalue weighted by Crippen LogP contribution is -2.30. The molecule has 82 valence electrons. The van der Waals surface area contributed by atoms with E-state index < -0.39 is 0 Å². The standard InChI is InChI=1S/C11H12N4O/c1-2-4-14-11-8(3-1)10(15-16-11)9-7-12-5-6-13-9/h3,5-7,11,14H,1-2,4H2/t11-/m0/s1. The molecule has 0 aliphatic carbocycles. The predicted octanol–water partition coefficient (Wildman–Crippen LogP) is 0.847. The molecular formula is C11H12N4O. The lowest BCUT2D eigenvalue weighted by Gasteiger charge is -2.09. The van der Waals surface area contributed by atoms with Crippen LogP contribution in [-0.4, -0.2) is 28.5 Å². The fourth-order valence-electron chi connectivity index (χ4n) is 1.90. The molecule has 0 aromatic carbocycles. The summed E-state index contributed by atoms with van der Waals surface area (Å²) in [4.78, 5) is 13.6. The van der Waals surface area contributed by atoms with Crippen molar-refractivity contribution >= 4 is 5.71 Å². The number of oxime groups is 1. The van der Waals surface area contributed by atoms with Gasteiger partial charge in [0.1, 0.15) is 11.4 Å². The summed E-state index contributed by atoms with van der Waals surface area (Å²) in [6.07, 6.45) is 9.24. The van der Waals surface area contributed by atoms with Crippen LogP contribution in [0, 0.1) is 0 Å². The molecule has 0 unspecified atom stereocenters. The molecule has 3 rings (SSSR count). The highest BCUT2D eigenvalue weighted by atomic mass is 16.7. The summed E-state index contributed by atoms with van der Waals surface area (Å²) >= 11 is 0. The Balaban J connectivity index is 1.95. The molecule has 0 spiro atoms. The molecule has 0 radical (unpaired) electrons. The Morgan fingerprint density at radius 2 is 2.38 bits per heavy atom. The molecule has 16 heavy (non-hydrogen) atoms. The van der Waals surface area contributed by atoms with Gasteiger partial charge in [0, 0.05) is 18.0 Å². The Kier molecular flexibility index (Phi) is 2.38. The summed E-state index contributed by atoms with van der Waals surface area (Å²) in [6.45, 7) is 0.952. The summed E-state index contributed by atoms with van der Waals surface area (Å²) < 4.78 is 0. The van der Waals surface area contributed by atoms with Crippen LogP contribution in [0.4, 0.5) is 0 Å². The zero-order chi connectivity index (χ0) is 10.8. The van der Waals surface area contributed by atoms with Crippen LogP contribution >= 0.6 is 0 Å². The van der Waals surface area contributed by atoms with Crippen molar-refractivity contribution in [2.45, 2.75) is 19.1 Å². The van der Waals surface area contributed by atoms with E-state index in [1.165, 1.54) is 0 Å². The zero-order valence-corrected chi connectivity index (χ0v) is 8.76. The molecule has 0 saturated carbocycles. The van der Waals surface area contributed by atoms with E-state index in [4.69, 9.17) is 4.84 Å². The van der Waals surface area contributed by atoms with Gasteiger partial charge >= 0.3 is 0 Å². The molecule has 0 bridgehead atoms. The molecule has 3 heterocycles. The van der Waals surface area contributed by atoms with Crippen LogP contribution in [0.3, 0.4) is 0 Å². The monoisotopic (exact) mass is 216 g/mol. The Morgan fingerprint density at radius 3 is 3.25 bits per heavy atom. The molecule has 2 aliphatic heterocycles. The summed E-state index contributed by atoms with van der Waals surface area (Å²) in [5.41, 5.74) is 2.64. The Morgan fingerprint density at radius 1 is 1.38 bits per heavy atom. The van der Waals surface area contributed by atoms with Crippen LogP contribution in [0.2, 0.25) is 0 Å². The van der Waals surface area contributed by atoms with E-state index in [2.05, 4.69) is 26.5 Å². The molecule has 5 nitrogen and oxygen atoms in total. The van der Waals surface area contributed by atoms with E-state index in [9.17, 15) is 0 Å². The van der Waals surface area contributed by atoms with E-state index >= 15 is 0 Å². The molecule has 1 aromatic rings. The van der Waals surface area contributed by atoms with Crippen molar-refractivity contribution in [3.05, 3.63) is 35.9 Å². The van der Waals surface area contributed by atoms with E-state index in [0.717, 1.165) is 36.4 Å². The van der Waals surface area contributed by atoms with Gasteiger partial charge < -0.3 is 4.84 Å². The molecule has 0 fully saturated rings. The van der Waals surface area contributed by atoms with Gasteiger partial charge in [-0.05, 0) is 19.4 Å². The van der Waals surface area contributed by atoms with Gasteiger partial charge in [0.05, 0.1) is 6.20 Å². The molecule has 0 amide bonds. The number of nitrogens with zero attached hydrogens (tertiary/aromatic N) is 3. The van der Waals surface area contributed by atoms with E-state index in [-0.39, 0.29) is 6.23 Å². The quantitative estimate of drug-likeness (QED) is 0.756. The number of hydrogen-bond donors (Lipinski definition) is 1. The zero-order valence-electron chi connectivity index (χ0n) is 8.76. The number of nitrogens with one attached hydrogen (secondary N) is 1. The average molecular weight is 216 g/mol. The van der Waals surface area contributed by atoms with Gasteiger partial charge in [-0.25, -0.2) is 0 Å². The number of aromatic nitrogens is 2. The normalized spacial score (nSPS) is 23.9. The third-order valence-electron chi connectivity index (χ3n) is 2.69. The second-order valence-corrected chi connectivity index (χ2v) is 3.77. The number of rotatable bonds is 1. The Bertz CT molecular complexity index is 441. The Labute approximate surface area is 93.2 Å². The largest absolute Gasteiger partial charge is 0.371 e. The van der Waals surface area contributed by atoms with E-state index in [1.54, 1.807) is 18.6 Å². The first kappa shape index (κ1) is 9.47. The second-order valence-electron chi connectivity index (χ2n) is 3.77. The number of allylic oxidation sites excluding steroid dienone is 1. The maximum absolute atomic E-state index is 5.34. The molecule has 0 saturated heterocycles. The third-order valence-corrected chi connectivity index (χ3v) is 2.69. The van der Waals surface area contributed by atoms with Gasteiger partial charge in [-0.15, -0.1) is 0 Å². The number of hydrogen-bond acceptors (Lipinski definition) is 5. The van der Waals surface area contributed by atoms with Gasteiger partial charge in [0.25, 0.3) is 0 Å². The molecule has 2 aliphatic rings. The van der Waals surface area contributed by atoms with Crippen molar-refractivity contribution in [2.75, 3.05) is 6.54 Å². The maximum Gasteiger partial charge on any atom is 0.206 e. The van der Waals surface area contributed by atoms with Crippen LogP contribution in [0.15, 0.2) is 35.4 Å². The molecular weight excluding hydrogens is 204 g/mol. The smallest absolute Gasteiger partial charge is 0.206 e. The van der Waals surface area contributed by atoms with E-state index in [1.807, 2.05) is 0 Å². The first-order chi connectivity index (χ1) is 7.95. The van der Waals surface area contributed by atoms with Crippen molar-refractivity contribution in [1.29, 1.82) is 0 Å². The predicted molar refractivity (Wildman–Crippen MR) is 58.8 cm³/mol. The Hall–Kier alpha value is -1.75. The van der Waals surface area contributed by atoms with Crippen molar-refractivity contribution in [3.8, 4) is 0 Å². The van der Waals surface area contributed by atoms with Crippen LogP contribution in [0.1, 0.15) is 18.5 Å². The average Bonchev–Trinajstić information content (AvgIpc) is 2.60. The number of fused-ring (bicyclic) bond motifs is 1. The highest BCUT2D eigenvalue weighted by Gasteiger charge is 2.29. The summed E-state index contributed by atoms with van der Waals surface area (Å²) in [5.74, 6) is 0. The minimum absolute atomic E-state index is 0.112. The lowest BCUT2D eigenvalue weighted by molar-refractivity contribution is 0.0808. The highest BCUT2D eigenvalue weighted by molar-refractivity contribution is 6.12. The van der Waals surface area contributed by atoms with Crippen LogP contribution < -0.4 is 5.32 Å². The summed E-state index contributed by atoms with van der Waals surface area (Å²) in [7, 11) is 0. The third kappa shape index (κ3) is 1.59. The second kappa shape index (κ2) is 4.02. The summed E-state index contributed by atoms with van der Waals surface area (Å²) in [6, 6.07) is 0. The van der Waals surface area contributed by atoms with Gasteiger partial charge in [-0.2, -0.15) is 0 Å². The van der Waals surface area contributed by atoms with Gasteiger partial charge in [-0.3, -0.25) is 15.3 Å². The fourth-order valence-corrected chi connectivity index (χ4v) is 1.90. The maximum atomic E-state index is 5.34. The van der Waals surface area contributed by atoms with Crippen LogP contribution in [0.25, 0.3) is 0 Å². The van der Waals surface area contributed by atoms with Gasteiger partial charge in [-0.1, -0.05) is 11.2 Å². The van der Waals surface area contributed by atoms with Crippen molar-refractivity contribution in [3.63, 3.8) is 0 Å². The molecule has 1 N–H and O–H groups in total. The SMILES string of the molecule is C1=C2C(c3cnccn3)=NO[C@@H]2NCCC1. The first-order valence-electron chi connectivity index (χ1n) is 5.39. The van der Waals surface area contributed by atoms with Gasteiger partial charge in [0.15, 0.2) is 0 Å². The molecule has 1 atom stereocenters. The minimum atomic E-state index is -0.112.